The predicted molar refractivity (Wildman–Crippen MR) is 76.0 cm³/mol. The van der Waals surface area contributed by atoms with E-state index in [-0.39, 0.29) is 11.6 Å². The summed E-state index contributed by atoms with van der Waals surface area (Å²) in [5, 5.41) is 4.30. The molecule has 0 spiro atoms. The van der Waals surface area contributed by atoms with Gasteiger partial charge in [0.2, 0.25) is 0 Å². The molecule has 1 unspecified atom stereocenters. The van der Waals surface area contributed by atoms with Crippen molar-refractivity contribution in [2.24, 2.45) is 0 Å². The summed E-state index contributed by atoms with van der Waals surface area (Å²) in [6.07, 6.45) is 0.947. The molecule has 0 radical (unpaired) electrons. The summed E-state index contributed by atoms with van der Waals surface area (Å²) < 4.78 is 27.6. The van der Waals surface area contributed by atoms with E-state index in [0.717, 1.165) is 23.6 Å². The lowest BCUT2D eigenvalue weighted by molar-refractivity contribution is -0.113. The molecule has 4 nitrogen and oxygen atoms in total. The zero-order chi connectivity index (χ0) is 15.3. The Hall–Kier alpha value is -2.24. The summed E-state index contributed by atoms with van der Waals surface area (Å²) in [5.74, 6) is -2.93. The molecule has 2 aromatic rings. The first-order valence-corrected chi connectivity index (χ1v) is 7.33. The van der Waals surface area contributed by atoms with Crippen molar-refractivity contribution in [3.8, 4) is 0 Å². The summed E-state index contributed by atoms with van der Waals surface area (Å²) >= 11 is 0. The van der Waals surface area contributed by atoms with Crippen molar-refractivity contribution in [2.75, 3.05) is 13.1 Å². The van der Waals surface area contributed by atoms with Gasteiger partial charge in [0.1, 0.15) is 0 Å². The Morgan fingerprint density at radius 1 is 1.23 bits per heavy atom. The van der Waals surface area contributed by atoms with Crippen LogP contribution in [0.1, 0.15) is 34.1 Å². The van der Waals surface area contributed by atoms with Crippen LogP contribution in [0.25, 0.3) is 0 Å². The second-order valence-corrected chi connectivity index (χ2v) is 5.95. The number of carbonyl (C=O) groups excluding carboxylic acids is 1. The Labute approximate surface area is 126 Å². The molecule has 114 valence electrons. The highest BCUT2D eigenvalue weighted by Gasteiger charge is 2.47. The molecule has 2 aliphatic rings. The summed E-state index contributed by atoms with van der Waals surface area (Å²) in [4.78, 5) is 13.3. The zero-order valence-electron chi connectivity index (χ0n) is 11.9. The molecule has 0 saturated carbocycles. The van der Waals surface area contributed by atoms with Gasteiger partial charge in [-0.15, -0.1) is 0 Å². The van der Waals surface area contributed by atoms with Crippen LogP contribution < -0.4 is 0 Å². The topological polar surface area (TPSA) is 38.1 Å². The van der Waals surface area contributed by atoms with Crippen molar-refractivity contribution < 1.29 is 13.6 Å². The highest BCUT2D eigenvalue weighted by molar-refractivity contribution is 5.93. The lowest BCUT2D eigenvalue weighted by Crippen LogP contribution is -2.58. The molecule has 1 atom stereocenters. The monoisotopic (exact) mass is 303 g/mol. The first-order chi connectivity index (χ1) is 10.5. The van der Waals surface area contributed by atoms with Gasteiger partial charge in [0.05, 0.1) is 13.1 Å². The van der Waals surface area contributed by atoms with Crippen molar-refractivity contribution in [3.05, 3.63) is 53.3 Å². The van der Waals surface area contributed by atoms with E-state index in [1.54, 1.807) is 6.07 Å². The van der Waals surface area contributed by atoms with Crippen molar-refractivity contribution in [1.29, 1.82) is 0 Å². The van der Waals surface area contributed by atoms with Crippen molar-refractivity contribution in [1.82, 2.24) is 14.7 Å². The second-order valence-electron chi connectivity index (χ2n) is 5.95. The van der Waals surface area contributed by atoms with Crippen molar-refractivity contribution in [3.63, 3.8) is 0 Å². The van der Waals surface area contributed by atoms with Crippen molar-refractivity contribution >= 4 is 5.91 Å². The second kappa shape index (κ2) is 4.63. The van der Waals surface area contributed by atoms with Gasteiger partial charge in [0, 0.05) is 18.2 Å². The van der Waals surface area contributed by atoms with Gasteiger partial charge in [-0.3, -0.25) is 9.48 Å². The fraction of sp³-hybridized carbons (Fsp3) is 0.375. The van der Waals surface area contributed by atoms with Gasteiger partial charge in [0.15, 0.2) is 5.69 Å². The number of amides is 1. The number of aromatic nitrogens is 2. The number of rotatable bonds is 2. The fourth-order valence-electron chi connectivity index (χ4n) is 3.24. The summed E-state index contributed by atoms with van der Waals surface area (Å²) in [5.41, 5.74) is 2.45. The van der Waals surface area contributed by atoms with Crippen molar-refractivity contribution in [2.45, 2.75) is 24.8 Å². The highest BCUT2D eigenvalue weighted by Crippen LogP contribution is 2.35. The van der Waals surface area contributed by atoms with Crippen LogP contribution in [0.3, 0.4) is 0 Å². The average molecular weight is 303 g/mol. The Balaban J connectivity index is 1.58. The van der Waals surface area contributed by atoms with E-state index in [4.69, 9.17) is 0 Å². The van der Waals surface area contributed by atoms with Gasteiger partial charge >= 0.3 is 0 Å². The molecule has 0 bridgehead atoms. The van der Waals surface area contributed by atoms with E-state index >= 15 is 0 Å². The van der Waals surface area contributed by atoms with Crippen LogP contribution in [-0.2, 0) is 6.54 Å². The maximum Gasteiger partial charge on any atom is 0.282 e. The maximum atomic E-state index is 12.9. The van der Waals surface area contributed by atoms with Crippen LogP contribution in [0.4, 0.5) is 8.78 Å². The minimum atomic E-state index is -2.75. The summed E-state index contributed by atoms with van der Waals surface area (Å²) in [7, 11) is 0. The number of halogens is 2. The number of carbonyl (C=O) groups is 1. The highest BCUT2D eigenvalue weighted by atomic mass is 19.3. The molecule has 2 aliphatic heterocycles. The Bertz CT molecular complexity index is 718. The van der Waals surface area contributed by atoms with Gasteiger partial charge in [-0.1, -0.05) is 30.3 Å². The molecule has 1 amide bonds. The molecule has 22 heavy (non-hydrogen) atoms. The molecule has 1 saturated heterocycles. The smallest absolute Gasteiger partial charge is 0.282 e. The molecule has 1 aromatic heterocycles. The number of fused-ring (bicyclic) bond motifs is 1. The molecule has 1 aromatic carbocycles. The predicted octanol–water partition coefficient (Wildman–Crippen LogP) is 2.51. The molecule has 1 fully saturated rings. The number of nitrogens with zero attached hydrogens (tertiary/aromatic N) is 3. The van der Waals surface area contributed by atoms with Gasteiger partial charge in [0.25, 0.3) is 11.8 Å². The van der Waals surface area contributed by atoms with Crippen LogP contribution >= 0.6 is 0 Å². The lowest BCUT2D eigenvalue weighted by atomic mass is 9.95. The van der Waals surface area contributed by atoms with E-state index < -0.39 is 24.9 Å². The maximum absolute atomic E-state index is 12.9. The molecule has 4 rings (SSSR count). The third-order valence-corrected chi connectivity index (χ3v) is 4.35. The zero-order valence-corrected chi connectivity index (χ0v) is 11.9. The van der Waals surface area contributed by atoms with Gasteiger partial charge in [-0.05, 0) is 18.1 Å². The molecule has 3 heterocycles. The minimum absolute atomic E-state index is 0.216. The molecule has 0 N–H and O–H groups in total. The number of hydrogen-bond donors (Lipinski definition) is 0. The van der Waals surface area contributed by atoms with E-state index in [1.807, 2.05) is 22.9 Å². The normalized spacial score (nSPS) is 22.3. The Morgan fingerprint density at radius 3 is 2.64 bits per heavy atom. The fourth-order valence-corrected chi connectivity index (χ4v) is 3.24. The van der Waals surface area contributed by atoms with E-state index in [1.165, 1.54) is 5.56 Å². The van der Waals surface area contributed by atoms with E-state index in [9.17, 15) is 13.6 Å². The van der Waals surface area contributed by atoms with Crippen LogP contribution in [-0.4, -0.2) is 39.6 Å². The van der Waals surface area contributed by atoms with Gasteiger partial charge in [-0.25, -0.2) is 8.78 Å². The van der Waals surface area contributed by atoms with E-state index in [2.05, 4.69) is 17.2 Å². The molecule has 0 aliphatic carbocycles. The Kier molecular flexibility index (Phi) is 2.82. The lowest BCUT2D eigenvalue weighted by Gasteiger charge is -2.38. The number of aryl methyl sites for hydroxylation is 1. The molecular formula is C16H15F2N3O. The number of hydrogen-bond acceptors (Lipinski definition) is 2. The molecule has 6 heteroatoms. The Morgan fingerprint density at radius 2 is 1.95 bits per heavy atom. The summed E-state index contributed by atoms with van der Waals surface area (Å²) in [6.45, 7) is -0.259. The SMILES string of the molecule is O=C(c1cc2n(n1)CCC2c1ccccc1)N1CC(F)(F)C1. The van der Waals surface area contributed by atoms with E-state index in [0.29, 0.717) is 0 Å². The quantitative estimate of drug-likeness (QED) is 0.855. The molecular weight excluding hydrogens is 288 g/mol. The van der Waals surface area contributed by atoms with Crippen LogP contribution in [0.2, 0.25) is 0 Å². The number of alkyl halides is 2. The third kappa shape index (κ3) is 2.10. The first-order valence-electron chi connectivity index (χ1n) is 7.33. The standard InChI is InChI=1S/C16H15F2N3O/c17-16(18)9-20(10-16)15(22)13-8-14-12(6-7-21(14)19-13)11-4-2-1-3-5-11/h1-5,8,12H,6-7,9-10H2. The van der Waals surface area contributed by atoms with Gasteiger partial charge < -0.3 is 4.90 Å². The minimum Gasteiger partial charge on any atom is -0.325 e. The third-order valence-electron chi connectivity index (χ3n) is 4.35. The van der Waals surface area contributed by atoms with Crippen LogP contribution in [0, 0.1) is 0 Å². The van der Waals surface area contributed by atoms with Crippen LogP contribution in [0.5, 0.6) is 0 Å². The van der Waals surface area contributed by atoms with Crippen LogP contribution in [0.15, 0.2) is 36.4 Å². The number of benzene rings is 1. The first kappa shape index (κ1) is 13.4. The summed E-state index contributed by atoms with van der Waals surface area (Å²) in [6, 6.07) is 11.8. The average Bonchev–Trinajstić information content (AvgIpc) is 3.04. The number of likely N-dealkylation sites (tertiary alicyclic amines) is 1. The van der Waals surface area contributed by atoms with Gasteiger partial charge in [-0.2, -0.15) is 5.10 Å². The largest absolute Gasteiger partial charge is 0.325 e.